The van der Waals surface area contributed by atoms with Crippen molar-refractivity contribution in [3.8, 4) is 0 Å². The van der Waals surface area contributed by atoms with Crippen LogP contribution < -0.4 is 5.32 Å². The Morgan fingerprint density at radius 2 is 2.06 bits per heavy atom. The molecule has 2 N–H and O–H groups in total. The van der Waals surface area contributed by atoms with Crippen LogP contribution >= 0.6 is 0 Å². The van der Waals surface area contributed by atoms with Crippen LogP contribution in [-0.2, 0) is 14.3 Å². The molecule has 0 radical (unpaired) electrons. The van der Waals surface area contributed by atoms with Crippen LogP contribution in [0.3, 0.4) is 0 Å². The molecule has 3 atom stereocenters. The Morgan fingerprint density at radius 3 is 2.56 bits per heavy atom. The highest BCUT2D eigenvalue weighted by atomic mass is 16.5. The zero-order valence-electron chi connectivity index (χ0n) is 9.73. The van der Waals surface area contributed by atoms with Crippen molar-refractivity contribution in [2.45, 2.75) is 57.8 Å². The quantitative estimate of drug-likeness (QED) is 0.735. The first-order chi connectivity index (χ1) is 7.54. The minimum absolute atomic E-state index is 0.116. The predicted octanol–water partition coefficient (Wildman–Crippen LogP) is 0.923. The second-order valence-corrected chi connectivity index (χ2v) is 4.23. The fourth-order valence-corrected chi connectivity index (χ4v) is 1.85. The minimum Gasteiger partial charge on any atom is -0.479 e. The largest absolute Gasteiger partial charge is 0.479 e. The van der Waals surface area contributed by atoms with Gasteiger partial charge in [-0.3, -0.25) is 4.79 Å². The molecule has 1 heterocycles. The number of rotatable bonds is 5. The minimum atomic E-state index is -0.989. The lowest BCUT2D eigenvalue weighted by atomic mass is 10.1. The van der Waals surface area contributed by atoms with Gasteiger partial charge in [-0.15, -0.1) is 0 Å². The third-order valence-corrected chi connectivity index (χ3v) is 2.70. The van der Waals surface area contributed by atoms with Crippen molar-refractivity contribution in [2.75, 3.05) is 0 Å². The second kappa shape index (κ2) is 5.84. The average molecular weight is 229 g/mol. The van der Waals surface area contributed by atoms with Gasteiger partial charge >= 0.3 is 5.97 Å². The topological polar surface area (TPSA) is 75.6 Å². The molecule has 16 heavy (non-hydrogen) atoms. The number of aliphatic carboxylic acids is 1. The Labute approximate surface area is 95.2 Å². The SMILES string of the molecule is CCCC(C)NC(=O)C1CCC(C(=O)O)O1. The summed E-state index contributed by atoms with van der Waals surface area (Å²) in [5.74, 6) is -1.18. The van der Waals surface area contributed by atoms with E-state index in [-0.39, 0.29) is 11.9 Å². The monoisotopic (exact) mass is 229 g/mol. The van der Waals surface area contributed by atoms with Crippen LogP contribution in [0.25, 0.3) is 0 Å². The molecule has 0 spiro atoms. The Kier molecular flexibility index (Phi) is 4.73. The molecule has 92 valence electrons. The Bertz CT molecular complexity index is 267. The molecule has 1 aliphatic rings. The third-order valence-electron chi connectivity index (χ3n) is 2.70. The molecular weight excluding hydrogens is 210 g/mol. The van der Waals surface area contributed by atoms with Crippen molar-refractivity contribution in [1.82, 2.24) is 5.32 Å². The molecule has 1 fully saturated rings. The summed E-state index contributed by atoms with van der Waals surface area (Å²) in [4.78, 5) is 22.3. The van der Waals surface area contributed by atoms with Gasteiger partial charge in [0, 0.05) is 6.04 Å². The molecule has 1 rings (SSSR count). The highest BCUT2D eigenvalue weighted by molar-refractivity contribution is 5.82. The fraction of sp³-hybridized carbons (Fsp3) is 0.818. The summed E-state index contributed by atoms with van der Waals surface area (Å²) < 4.78 is 5.15. The average Bonchev–Trinajstić information content (AvgIpc) is 2.66. The molecule has 1 amide bonds. The van der Waals surface area contributed by atoms with E-state index in [1.807, 2.05) is 6.92 Å². The number of carboxylic acid groups (broad SMARTS) is 1. The molecule has 0 aromatic heterocycles. The van der Waals surface area contributed by atoms with Gasteiger partial charge in [-0.2, -0.15) is 0 Å². The van der Waals surface area contributed by atoms with E-state index in [9.17, 15) is 9.59 Å². The predicted molar refractivity (Wildman–Crippen MR) is 58.0 cm³/mol. The summed E-state index contributed by atoms with van der Waals surface area (Å²) in [6.45, 7) is 3.99. The van der Waals surface area contributed by atoms with Crippen LogP contribution in [0.5, 0.6) is 0 Å². The lowest BCUT2D eigenvalue weighted by Gasteiger charge is -2.16. The highest BCUT2D eigenvalue weighted by Crippen LogP contribution is 2.20. The number of carbonyl (C=O) groups excluding carboxylic acids is 1. The molecule has 1 aliphatic heterocycles. The number of ether oxygens (including phenoxy) is 1. The van der Waals surface area contributed by atoms with Crippen molar-refractivity contribution in [1.29, 1.82) is 0 Å². The van der Waals surface area contributed by atoms with E-state index >= 15 is 0 Å². The zero-order valence-corrected chi connectivity index (χ0v) is 9.73. The van der Waals surface area contributed by atoms with Crippen molar-refractivity contribution in [3.05, 3.63) is 0 Å². The van der Waals surface area contributed by atoms with E-state index in [0.717, 1.165) is 12.8 Å². The maximum absolute atomic E-state index is 11.7. The first-order valence-electron chi connectivity index (χ1n) is 5.73. The smallest absolute Gasteiger partial charge is 0.332 e. The number of hydrogen-bond donors (Lipinski definition) is 2. The van der Waals surface area contributed by atoms with Crippen molar-refractivity contribution >= 4 is 11.9 Å². The Morgan fingerprint density at radius 1 is 1.44 bits per heavy atom. The summed E-state index contributed by atoms with van der Waals surface area (Å²) in [6.07, 6.45) is 1.40. The Hall–Kier alpha value is -1.10. The Balaban J connectivity index is 2.36. The maximum Gasteiger partial charge on any atom is 0.332 e. The number of amides is 1. The fourth-order valence-electron chi connectivity index (χ4n) is 1.85. The molecule has 5 nitrogen and oxygen atoms in total. The molecule has 0 aliphatic carbocycles. The first-order valence-corrected chi connectivity index (χ1v) is 5.73. The van der Waals surface area contributed by atoms with Gasteiger partial charge in [-0.1, -0.05) is 13.3 Å². The van der Waals surface area contributed by atoms with Crippen molar-refractivity contribution in [2.24, 2.45) is 0 Å². The summed E-state index contributed by atoms with van der Waals surface area (Å²) in [5, 5.41) is 11.5. The van der Waals surface area contributed by atoms with E-state index in [2.05, 4.69) is 12.2 Å². The standard InChI is InChI=1S/C11H19NO4/c1-3-4-7(2)12-10(13)8-5-6-9(16-8)11(14)15/h7-9H,3-6H2,1-2H3,(H,12,13)(H,14,15). The maximum atomic E-state index is 11.7. The molecule has 5 heteroatoms. The van der Waals surface area contributed by atoms with Gasteiger partial charge < -0.3 is 15.2 Å². The number of carbonyl (C=O) groups is 2. The van der Waals surface area contributed by atoms with E-state index in [1.54, 1.807) is 0 Å². The van der Waals surface area contributed by atoms with Gasteiger partial charge in [0.1, 0.15) is 6.10 Å². The summed E-state index contributed by atoms with van der Waals surface area (Å²) in [7, 11) is 0. The van der Waals surface area contributed by atoms with Gasteiger partial charge in [0.25, 0.3) is 0 Å². The van der Waals surface area contributed by atoms with Gasteiger partial charge in [0.15, 0.2) is 6.10 Å². The highest BCUT2D eigenvalue weighted by Gasteiger charge is 2.34. The number of hydrogen-bond acceptors (Lipinski definition) is 3. The van der Waals surface area contributed by atoms with Crippen LogP contribution in [0.1, 0.15) is 39.5 Å². The van der Waals surface area contributed by atoms with Crippen LogP contribution in [0, 0.1) is 0 Å². The molecular formula is C11H19NO4. The zero-order chi connectivity index (χ0) is 12.1. The van der Waals surface area contributed by atoms with Crippen molar-refractivity contribution < 1.29 is 19.4 Å². The van der Waals surface area contributed by atoms with Gasteiger partial charge in [-0.05, 0) is 26.2 Å². The molecule has 3 unspecified atom stereocenters. The molecule has 0 aromatic rings. The van der Waals surface area contributed by atoms with E-state index in [4.69, 9.17) is 9.84 Å². The van der Waals surface area contributed by atoms with Crippen LogP contribution in [0.4, 0.5) is 0 Å². The molecule has 0 saturated carbocycles. The summed E-state index contributed by atoms with van der Waals surface area (Å²) in [5.41, 5.74) is 0. The number of nitrogens with one attached hydrogen (secondary N) is 1. The molecule has 1 saturated heterocycles. The first kappa shape index (κ1) is 13.0. The van der Waals surface area contributed by atoms with Crippen LogP contribution in [0.2, 0.25) is 0 Å². The van der Waals surface area contributed by atoms with E-state index < -0.39 is 18.2 Å². The summed E-state index contributed by atoms with van der Waals surface area (Å²) in [6, 6.07) is 0.116. The lowest BCUT2D eigenvalue weighted by Crippen LogP contribution is -2.40. The second-order valence-electron chi connectivity index (χ2n) is 4.23. The van der Waals surface area contributed by atoms with Gasteiger partial charge in [0.05, 0.1) is 0 Å². The normalized spacial score (nSPS) is 26.4. The van der Waals surface area contributed by atoms with Gasteiger partial charge in [0.2, 0.25) is 5.91 Å². The van der Waals surface area contributed by atoms with Gasteiger partial charge in [-0.25, -0.2) is 4.79 Å². The van der Waals surface area contributed by atoms with Crippen LogP contribution in [-0.4, -0.2) is 35.2 Å². The molecule has 0 bridgehead atoms. The van der Waals surface area contributed by atoms with E-state index in [0.29, 0.717) is 12.8 Å². The third kappa shape index (κ3) is 3.48. The molecule has 0 aromatic carbocycles. The van der Waals surface area contributed by atoms with Crippen molar-refractivity contribution in [3.63, 3.8) is 0 Å². The van der Waals surface area contributed by atoms with E-state index in [1.165, 1.54) is 0 Å². The lowest BCUT2D eigenvalue weighted by molar-refractivity contribution is -0.151. The van der Waals surface area contributed by atoms with Crippen LogP contribution in [0.15, 0.2) is 0 Å². The number of carboxylic acids is 1. The summed E-state index contributed by atoms with van der Waals surface area (Å²) >= 11 is 0.